The average molecular weight is 460 g/mol. The SMILES string of the molecule is COc1ccc(CN2CCCN(C(=O)CC3Sc4ccc(Cl)cc4NC3=O)CC2)cc1. The van der Waals surface area contributed by atoms with E-state index < -0.39 is 5.25 Å². The second-order valence-corrected chi connectivity index (χ2v) is 9.48. The molecule has 0 aliphatic carbocycles. The van der Waals surface area contributed by atoms with Gasteiger partial charge in [-0.05, 0) is 42.3 Å². The number of thioether (sulfide) groups is 1. The molecule has 6 nitrogen and oxygen atoms in total. The van der Waals surface area contributed by atoms with Crippen LogP contribution in [0, 0.1) is 0 Å². The molecule has 1 fully saturated rings. The van der Waals surface area contributed by atoms with Crippen LogP contribution in [0.5, 0.6) is 5.75 Å². The van der Waals surface area contributed by atoms with Crippen molar-refractivity contribution in [1.82, 2.24) is 9.80 Å². The van der Waals surface area contributed by atoms with Gasteiger partial charge in [0.05, 0.1) is 18.0 Å². The Morgan fingerprint density at radius 3 is 2.74 bits per heavy atom. The number of ether oxygens (including phenoxy) is 1. The topological polar surface area (TPSA) is 61.9 Å². The van der Waals surface area contributed by atoms with E-state index in [2.05, 4.69) is 22.3 Å². The quantitative estimate of drug-likeness (QED) is 0.735. The lowest BCUT2D eigenvalue weighted by Gasteiger charge is -2.27. The molecule has 1 atom stereocenters. The molecule has 31 heavy (non-hydrogen) atoms. The summed E-state index contributed by atoms with van der Waals surface area (Å²) in [6.07, 6.45) is 1.13. The zero-order valence-electron chi connectivity index (χ0n) is 17.5. The van der Waals surface area contributed by atoms with E-state index >= 15 is 0 Å². The van der Waals surface area contributed by atoms with Crippen LogP contribution in [0.25, 0.3) is 0 Å². The maximum Gasteiger partial charge on any atom is 0.238 e. The van der Waals surface area contributed by atoms with E-state index in [-0.39, 0.29) is 18.2 Å². The third kappa shape index (κ3) is 5.53. The molecule has 2 aromatic rings. The van der Waals surface area contributed by atoms with Crippen LogP contribution in [0.1, 0.15) is 18.4 Å². The molecule has 0 saturated carbocycles. The van der Waals surface area contributed by atoms with Crippen LogP contribution in [0.2, 0.25) is 5.02 Å². The summed E-state index contributed by atoms with van der Waals surface area (Å²) in [5, 5.41) is 3.05. The first-order valence-corrected chi connectivity index (χ1v) is 11.7. The Bertz CT molecular complexity index is 954. The molecule has 0 spiro atoms. The summed E-state index contributed by atoms with van der Waals surface area (Å²) in [6, 6.07) is 13.5. The van der Waals surface area contributed by atoms with Gasteiger partial charge in [0.25, 0.3) is 0 Å². The van der Waals surface area contributed by atoms with Crippen LogP contribution < -0.4 is 10.1 Å². The van der Waals surface area contributed by atoms with Crippen LogP contribution in [-0.4, -0.2) is 60.2 Å². The Morgan fingerprint density at radius 1 is 1.16 bits per heavy atom. The number of methoxy groups -OCH3 is 1. The fourth-order valence-electron chi connectivity index (χ4n) is 3.91. The zero-order chi connectivity index (χ0) is 21.8. The van der Waals surface area contributed by atoms with E-state index in [0.29, 0.717) is 11.6 Å². The van der Waals surface area contributed by atoms with Crippen molar-refractivity contribution in [3.63, 3.8) is 0 Å². The Morgan fingerprint density at radius 2 is 1.97 bits per heavy atom. The van der Waals surface area contributed by atoms with Crippen LogP contribution in [0.3, 0.4) is 0 Å². The molecule has 0 bridgehead atoms. The van der Waals surface area contributed by atoms with Crippen molar-refractivity contribution in [2.24, 2.45) is 0 Å². The predicted octanol–water partition coefficient (Wildman–Crippen LogP) is 3.89. The van der Waals surface area contributed by atoms with Crippen molar-refractivity contribution in [1.29, 1.82) is 0 Å². The fraction of sp³-hybridized carbons (Fsp3) is 0.391. The number of halogens is 1. The van der Waals surface area contributed by atoms with Gasteiger partial charge in [0, 0.05) is 49.1 Å². The minimum Gasteiger partial charge on any atom is -0.497 e. The third-order valence-corrected chi connectivity index (χ3v) is 7.14. The van der Waals surface area contributed by atoms with E-state index in [1.54, 1.807) is 19.2 Å². The van der Waals surface area contributed by atoms with Crippen LogP contribution in [-0.2, 0) is 16.1 Å². The smallest absolute Gasteiger partial charge is 0.238 e. The summed E-state index contributed by atoms with van der Waals surface area (Å²) in [6.45, 7) is 4.03. The number of fused-ring (bicyclic) bond motifs is 1. The number of nitrogens with zero attached hydrogens (tertiary/aromatic N) is 2. The van der Waals surface area contributed by atoms with Crippen molar-refractivity contribution in [3.05, 3.63) is 53.1 Å². The Balaban J connectivity index is 1.31. The standard InChI is InChI=1S/C23H26ClN3O3S/c1-30-18-6-3-16(4-7-18)15-26-9-2-10-27(12-11-26)22(28)14-21-23(29)25-19-13-17(24)5-8-20(19)31-21/h3-8,13,21H,2,9-12,14-15H2,1H3,(H,25,29). The Labute approximate surface area is 191 Å². The summed E-state index contributed by atoms with van der Waals surface area (Å²) in [5.74, 6) is 0.757. The molecule has 1 unspecified atom stereocenters. The maximum atomic E-state index is 12.9. The van der Waals surface area contributed by atoms with E-state index in [0.717, 1.165) is 48.9 Å². The Hall–Kier alpha value is -2.22. The maximum absolute atomic E-state index is 12.9. The number of hydrogen-bond donors (Lipinski definition) is 1. The van der Waals surface area contributed by atoms with Gasteiger partial charge in [-0.3, -0.25) is 14.5 Å². The first kappa shape index (κ1) is 22.0. The van der Waals surface area contributed by atoms with E-state index in [9.17, 15) is 9.59 Å². The molecule has 0 aromatic heterocycles. The molecule has 2 aliphatic rings. The van der Waals surface area contributed by atoms with E-state index in [4.69, 9.17) is 16.3 Å². The summed E-state index contributed by atoms with van der Waals surface area (Å²) in [4.78, 5) is 30.7. The van der Waals surface area contributed by atoms with Crippen molar-refractivity contribution in [2.75, 3.05) is 38.6 Å². The van der Waals surface area contributed by atoms with Gasteiger partial charge in [-0.15, -0.1) is 11.8 Å². The lowest BCUT2D eigenvalue weighted by Crippen LogP contribution is -2.39. The number of rotatable bonds is 5. The number of carbonyl (C=O) groups excluding carboxylic acids is 2. The fourth-order valence-corrected chi connectivity index (χ4v) is 5.17. The van der Waals surface area contributed by atoms with Gasteiger partial charge < -0.3 is 15.0 Å². The summed E-state index contributed by atoms with van der Waals surface area (Å²) < 4.78 is 5.22. The minimum atomic E-state index is -0.417. The number of hydrogen-bond acceptors (Lipinski definition) is 5. The average Bonchev–Trinajstić information content (AvgIpc) is 3.00. The summed E-state index contributed by atoms with van der Waals surface area (Å²) in [7, 11) is 1.67. The molecule has 1 saturated heterocycles. The number of anilines is 1. The molecule has 8 heteroatoms. The summed E-state index contributed by atoms with van der Waals surface area (Å²) >= 11 is 7.45. The number of nitrogens with one attached hydrogen (secondary N) is 1. The van der Waals surface area contributed by atoms with Crippen molar-refractivity contribution in [3.8, 4) is 5.75 Å². The molecule has 2 aliphatic heterocycles. The van der Waals surface area contributed by atoms with Gasteiger partial charge >= 0.3 is 0 Å². The number of carbonyl (C=O) groups is 2. The van der Waals surface area contributed by atoms with Gasteiger partial charge in [0.15, 0.2) is 0 Å². The molecule has 2 heterocycles. The second kappa shape index (κ2) is 9.94. The molecular weight excluding hydrogens is 434 g/mol. The highest BCUT2D eigenvalue weighted by atomic mass is 35.5. The molecule has 164 valence electrons. The van der Waals surface area contributed by atoms with Gasteiger partial charge in [-0.2, -0.15) is 0 Å². The van der Waals surface area contributed by atoms with Crippen molar-refractivity contribution >= 4 is 40.9 Å². The van der Waals surface area contributed by atoms with Crippen molar-refractivity contribution < 1.29 is 14.3 Å². The lowest BCUT2D eigenvalue weighted by atomic mass is 10.2. The monoisotopic (exact) mass is 459 g/mol. The van der Waals surface area contributed by atoms with E-state index in [1.165, 1.54) is 17.3 Å². The lowest BCUT2D eigenvalue weighted by molar-refractivity contribution is -0.132. The number of benzene rings is 2. The zero-order valence-corrected chi connectivity index (χ0v) is 19.0. The molecular formula is C23H26ClN3O3S. The summed E-state index contributed by atoms with van der Waals surface area (Å²) in [5.41, 5.74) is 1.95. The molecule has 2 aromatic carbocycles. The highest BCUT2D eigenvalue weighted by Crippen LogP contribution is 2.38. The number of amides is 2. The van der Waals surface area contributed by atoms with Crippen LogP contribution >= 0.6 is 23.4 Å². The second-order valence-electron chi connectivity index (χ2n) is 7.80. The normalized spacial score (nSPS) is 19.4. The molecule has 0 radical (unpaired) electrons. The Kier molecular flexibility index (Phi) is 7.05. The molecule has 4 rings (SSSR count). The minimum absolute atomic E-state index is 0.0383. The van der Waals surface area contributed by atoms with E-state index in [1.807, 2.05) is 23.1 Å². The van der Waals surface area contributed by atoms with Gasteiger partial charge in [-0.1, -0.05) is 23.7 Å². The van der Waals surface area contributed by atoms with Crippen molar-refractivity contribution in [2.45, 2.75) is 29.5 Å². The van der Waals surface area contributed by atoms with Crippen LogP contribution in [0.4, 0.5) is 5.69 Å². The molecule has 2 amide bonds. The largest absolute Gasteiger partial charge is 0.497 e. The first-order chi connectivity index (χ1) is 15.0. The highest BCUT2D eigenvalue weighted by Gasteiger charge is 2.31. The molecule has 1 N–H and O–H groups in total. The first-order valence-electron chi connectivity index (χ1n) is 10.4. The van der Waals surface area contributed by atoms with Crippen LogP contribution in [0.15, 0.2) is 47.4 Å². The predicted molar refractivity (Wildman–Crippen MR) is 124 cm³/mol. The third-order valence-electron chi connectivity index (χ3n) is 5.63. The van der Waals surface area contributed by atoms with Gasteiger partial charge in [0.1, 0.15) is 5.75 Å². The van der Waals surface area contributed by atoms with Gasteiger partial charge in [-0.25, -0.2) is 0 Å². The highest BCUT2D eigenvalue weighted by molar-refractivity contribution is 8.01. The van der Waals surface area contributed by atoms with Gasteiger partial charge in [0.2, 0.25) is 11.8 Å².